The van der Waals surface area contributed by atoms with Crippen molar-refractivity contribution < 1.29 is 0 Å². The molecule has 1 aliphatic rings. The predicted octanol–water partition coefficient (Wildman–Crippen LogP) is 4.29. The van der Waals surface area contributed by atoms with Gasteiger partial charge in [-0.15, -0.1) is 0 Å². The van der Waals surface area contributed by atoms with Crippen molar-refractivity contribution in [1.82, 2.24) is 15.1 Å². The summed E-state index contributed by atoms with van der Waals surface area (Å²) >= 11 is 3.68. The summed E-state index contributed by atoms with van der Waals surface area (Å²) in [5, 5.41) is 8.02. The lowest BCUT2D eigenvalue weighted by Crippen LogP contribution is -2.28. The second kappa shape index (κ2) is 7.44. The smallest absolute Gasteiger partial charge is 0.0698 e. The van der Waals surface area contributed by atoms with Crippen molar-refractivity contribution in [2.45, 2.75) is 64.5 Å². The lowest BCUT2D eigenvalue weighted by Gasteiger charge is -2.29. The molecule has 1 aliphatic carbocycles. The van der Waals surface area contributed by atoms with Crippen LogP contribution in [0.4, 0.5) is 0 Å². The molecule has 0 aromatic carbocycles. The van der Waals surface area contributed by atoms with E-state index in [0.29, 0.717) is 6.04 Å². The molecule has 1 aromatic rings. The van der Waals surface area contributed by atoms with E-state index in [4.69, 9.17) is 0 Å². The summed E-state index contributed by atoms with van der Waals surface area (Å²) in [5.41, 5.74) is 1.33. The molecule has 1 fully saturated rings. The Bertz CT molecular complexity index is 381. The van der Waals surface area contributed by atoms with Gasteiger partial charge in [0.15, 0.2) is 0 Å². The fourth-order valence-corrected chi connectivity index (χ4v) is 3.89. The third kappa shape index (κ3) is 3.60. The van der Waals surface area contributed by atoms with Gasteiger partial charge in [0.2, 0.25) is 0 Å². The Morgan fingerprint density at radius 2 is 1.95 bits per heavy atom. The lowest BCUT2D eigenvalue weighted by molar-refractivity contribution is 0.287. The molecule has 19 heavy (non-hydrogen) atoms. The van der Waals surface area contributed by atoms with Gasteiger partial charge in [0.1, 0.15) is 0 Å². The summed E-state index contributed by atoms with van der Waals surface area (Å²) in [6.07, 6.45) is 11.6. The molecule has 1 saturated carbocycles. The number of halogens is 1. The van der Waals surface area contributed by atoms with Crippen LogP contribution in [0.1, 0.15) is 63.6 Å². The summed E-state index contributed by atoms with van der Waals surface area (Å²) in [5.74, 6) is 0.739. The van der Waals surface area contributed by atoms with Gasteiger partial charge >= 0.3 is 0 Å². The first-order valence-corrected chi connectivity index (χ1v) is 8.45. The van der Waals surface area contributed by atoms with Gasteiger partial charge in [0.25, 0.3) is 0 Å². The van der Waals surface area contributed by atoms with Crippen LogP contribution in [0.5, 0.6) is 0 Å². The van der Waals surface area contributed by atoms with Crippen molar-refractivity contribution in [3.8, 4) is 0 Å². The van der Waals surface area contributed by atoms with Gasteiger partial charge < -0.3 is 5.32 Å². The highest BCUT2D eigenvalue weighted by Gasteiger charge is 2.26. The molecule has 0 spiro atoms. The average molecular weight is 328 g/mol. The molecule has 3 nitrogen and oxygen atoms in total. The molecule has 0 saturated heterocycles. The van der Waals surface area contributed by atoms with E-state index in [9.17, 15) is 0 Å². The minimum Gasteiger partial charge on any atom is -0.311 e. The van der Waals surface area contributed by atoms with Crippen LogP contribution in [0.15, 0.2) is 10.7 Å². The third-order valence-corrected chi connectivity index (χ3v) is 4.97. The van der Waals surface area contributed by atoms with Crippen LogP contribution < -0.4 is 5.32 Å². The maximum absolute atomic E-state index is 4.47. The lowest BCUT2D eigenvalue weighted by atomic mass is 9.84. The zero-order valence-electron chi connectivity index (χ0n) is 12.2. The van der Waals surface area contributed by atoms with E-state index in [0.717, 1.165) is 16.9 Å². The Hall–Kier alpha value is -0.350. The highest BCUT2D eigenvalue weighted by atomic mass is 79.9. The van der Waals surface area contributed by atoms with Crippen LogP contribution in [-0.4, -0.2) is 16.8 Å². The Morgan fingerprint density at radius 3 is 2.53 bits per heavy atom. The molecule has 0 radical (unpaired) electrons. The van der Waals surface area contributed by atoms with Crippen LogP contribution in [-0.2, 0) is 6.54 Å². The van der Waals surface area contributed by atoms with Crippen molar-refractivity contribution in [1.29, 1.82) is 0 Å². The van der Waals surface area contributed by atoms with E-state index in [-0.39, 0.29) is 0 Å². The fraction of sp³-hybridized carbons (Fsp3) is 0.800. The van der Waals surface area contributed by atoms with E-state index < -0.39 is 0 Å². The molecule has 1 heterocycles. The molecule has 0 aliphatic heterocycles. The number of nitrogens with one attached hydrogen (secondary N) is 1. The van der Waals surface area contributed by atoms with Crippen molar-refractivity contribution in [2.75, 3.05) is 7.05 Å². The molecule has 1 atom stereocenters. The molecule has 1 unspecified atom stereocenters. The van der Waals surface area contributed by atoms with Gasteiger partial charge in [-0.3, -0.25) is 4.68 Å². The molecular weight excluding hydrogens is 302 g/mol. The number of hydrogen-bond donors (Lipinski definition) is 1. The van der Waals surface area contributed by atoms with Crippen molar-refractivity contribution in [3.63, 3.8) is 0 Å². The predicted molar refractivity (Wildman–Crippen MR) is 83.2 cm³/mol. The summed E-state index contributed by atoms with van der Waals surface area (Å²) in [6, 6.07) is 0.426. The first-order valence-electron chi connectivity index (χ1n) is 7.66. The zero-order chi connectivity index (χ0) is 13.7. The molecule has 2 rings (SSSR count). The third-order valence-electron chi connectivity index (χ3n) is 4.36. The van der Waals surface area contributed by atoms with Crippen molar-refractivity contribution in [2.24, 2.45) is 5.92 Å². The Morgan fingerprint density at radius 1 is 1.32 bits per heavy atom. The Kier molecular flexibility index (Phi) is 5.89. The van der Waals surface area contributed by atoms with E-state index >= 15 is 0 Å². The molecule has 0 amide bonds. The Balaban J connectivity index is 2.19. The minimum absolute atomic E-state index is 0.426. The number of aryl methyl sites for hydroxylation is 1. The molecule has 0 bridgehead atoms. The van der Waals surface area contributed by atoms with E-state index in [1.54, 1.807) is 0 Å². The number of hydrogen-bond acceptors (Lipinski definition) is 2. The normalized spacial score (nSPS) is 19.9. The Labute approximate surface area is 125 Å². The molecule has 1 N–H and O–H groups in total. The number of rotatable bonds is 4. The maximum Gasteiger partial charge on any atom is 0.0698 e. The largest absolute Gasteiger partial charge is 0.311 e. The number of aromatic nitrogens is 2. The van der Waals surface area contributed by atoms with E-state index in [1.165, 1.54) is 50.6 Å². The molecule has 108 valence electrons. The van der Waals surface area contributed by atoms with Crippen LogP contribution >= 0.6 is 15.9 Å². The average Bonchev–Trinajstić information content (AvgIpc) is 2.74. The molecular formula is C15H26BrN3. The monoisotopic (exact) mass is 327 g/mol. The van der Waals surface area contributed by atoms with Gasteiger partial charge in [-0.1, -0.05) is 32.1 Å². The SMILES string of the molecule is CCn1ncc(Br)c1C(NC)C1CCCCCCC1. The summed E-state index contributed by atoms with van der Waals surface area (Å²) in [6.45, 7) is 3.10. The highest BCUT2D eigenvalue weighted by Crippen LogP contribution is 2.35. The van der Waals surface area contributed by atoms with E-state index in [2.05, 4.69) is 45.0 Å². The quantitative estimate of drug-likeness (QED) is 0.894. The molecule has 4 heteroatoms. The first kappa shape index (κ1) is 15.0. The van der Waals surface area contributed by atoms with Crippen LogP contribution in [0.2, 0.25) is 0 Å². The van der Waals surface area contributed by atoms with Gasteiger partial charge in [0.05, 0.1) is 22.4 Å². The fourth-order valence-electron chi connectivity index (χ4n) is 3.35. The van der Waals surface area contributed by atoms with Crippen LogP contribution in [0, 0.1) is 5.92 Å². The first-order chi connectivity index (χ1) is 9.27. The highest BCUT2D eigenvalue weighted by molar-refractivity contribution is 9.10. The minimum atomic E-state index is 0.426. The summed E-state index contributed by atoms with van der Waals surface area (Å²) < 4.78 is 3.28. The van der Waals surface area contributed by atoms with Gasteiger partial charge in [-0.25, -0.2) is 0 Å². The van der Waals surface area contributed by atoms with E-state index in [1.807, 2.05) is 6.20 Å². The second-order valence-corrected chi connectivity index (χ2v) is 6.42. The van der Waals surface area contributed by atoms with Gasteiger partial charge in [-0.2, -0.15) is 5.10 Å². The van der Waals surface area contributed by atoms with Gasteiger partial charge in [0, 0.05) is 6.54 Å². The summed E-state index contributed by atoms with van der Waals surface area (Å²) in [4.78, 5) is 0. The maximum atomic E-state index is 4.47. The molecule has 1 aromatic heterocycles. The second-order valence-electron chi connectivity index (χ2n) is 5.57. The van der Waals surface area contributed by atoms with Crippen molar-refractivity contribution in [3.05, 3.63) is 16.4 Å². The standard InChI is InChI=1S/C15H26BrN3/c1-3-19-15(13(16)11-18-19)14(17-2)12-9-7-5-4-6-8-10-12/h11-12,14,17H,3-10H2,1-2H3. The van der Waals surface area contributed by atoms with Crippen molar-refractivity contribution >= 4 is 15.9 Å². The zero-order valence-corrected chi connectivity index (χ0v) is 13.7. The van der Waals surface area contributed by atoms with Crippen LogP contribution in [0.3, 0.4) is 0 Å². The topological polar surface area (TPSA) is 29.9 Å². The van der Waals surface area contributed by atoms with Crippen LogP contribution in [0.25, 0.3) is 0 Å². The van der Waals surface area contributed by atoms with Gasteiger partial charge in [-0.05, 0) is 48.7 Å². The number of nitrogens with zero attached hydrogens (tertiary/aromatic N) is 2. The summed E-state index contributed by atoms with van der Waals surface area (Å²) in [7, 11) is 2.09.